The van der Waals surface area contributed by atoms with Crippen molar-refractivity contribution in [1.82, 2.24) is 4.98 Å². The van der Waals surface area contributed by atoms with Crippen molar-refractivity contribution in [2.75, 3.05) is 5.73 Å². The number of nitriles is 1. The van der Waals surface area contributed by atoms with Crippen molar-refractivity contribution in [1.29, 1.82) is 5.26 Å². The molecule has 4 nitrogen and oxygen atoms in total. The summed E-state index contributed by atoms with van der Waals surface area (Å²) in [4.78, 5) is 3.87. The van der Waals surface area contributed by atoms with Crippen molar-refractivity contribution >= 4 is 5.82 Å². The van der Waals surface area contributed by atoms with E-state index in [0.717, 1.165) is 0 Å². The molecule has 0 saturated carbocycles. The first-order valence-corrected chi connectivity index (χ1v) is 5.22. The predicted octanol–water partition coefficient (Wildman–Crippen LogP) is 2.25. The molecule has 0 amide bonds. The maximum absolute atomic E-state index is 13.2. The molecule has 0 bridgehead atoms. The molecule has 2 N–H and O–H groups in total. The van der Waals surface area contributed by atoms with Crippen molar-refractivity contribution in [3.05, 3.63) is 53.5 Å². The van der Waals surface area contributed by atoms with Crippen LogP contribution in [-0.4, -0.2) is 4.98 Å². The molecule has 1 aromatic heterocycles. The lowest BCUT2D eigenvalue weighted by Gasteiger charge is -2.08. The van der Waals surface area contributed by atoms with Gasteiger partial charge >= 0.3 is 0 Å². The molecule has 0 aliphatic carbocycles. The molecule has 1 aromatic carbocycles. The molecule has 0 saturated heterocycles. The first-order chi connectivity index (χ1) is 8.69. The number of hydrogen-bond donors (Lipinski definition) is 1. The van der Waals surface area contributed by atoms with Crippen LogP contribution in [0.2, 0.25) is 0 Å². The zero-order chi connectivity index (χ0) is 13.0. The van der Waals surface area contributed by atoms with E-state index in [1.807, 2.05) is 6.07 Å². The molecule has 5 heteroatoms. The van der Waals surface area contributed by atoms with Gasteiger partial charge in [0.25, 0.3) is 0 Å². The molecular formula is C13H10FN3O. The van der Waals surface area contributed by atoms with E-state index in [0.29, 0.717) is 11.3 Å². The van der Waals surface area contributed by atoms with Crippen LogP contribution in [-0.2, 0) is 6.61 Å². The monoisotopic (exact) mass is 243 g/mol. The quantitative estimate of drug-likeness (QED) is 0.897. The van der Waals surface area contributed by atoms with Gasteiger partial charge in [-0.05, 0) is 35.9 Å². The summed E-state index contributed by atoms with van der Waals surface area (Å²) in [5.41, 5.74) is 6.43. The number of nitrogen functional groups attached to an aromatic ring is 1. The van der Waals surface area contributed by atoms with Gasteiger partial charge in [0.2, 0.25) is 0 Å². The van der Waals surface area contributed by atoms with E-state index in [9.17, 15) is 4.39 Å². The second-order valence-corrected chi connectivity index (χ2v) is 3.64. The minimum atomic E-state index is -0.466. The SMILES string of the molecule is N#Cc1cc(F)cc(COc2cccnc2N)c1. The molecule has 1 heterocycles. The van der Waals surface area contributed by atoms with Gasteiger partial charge in [-0.1, -0.05) is 0 Å². The summed E-state index contributed by atoms with van der Waals surface area (Å²) in [6.07, 6.45) is 1.55. The fourth-order valence-corrected chi connectivity index (χ4v) is 1.48. The summed E-state index contributed by atoms with van der Waals surface area (Å²) in [6.45, 7) is 0.127. The first kappa shape index (κ1) is 11.9. The Morgan fingerprint density at radius 1 is 1.39 bits per heavy atom. The van der Waals surface area contributed by atoms with E-state index >= 15 is 0 Å². The Morgan fingerprint density at radius 2 is 2.22 bits per heavy atom. The Kier molecular flexibility index (Phi) is 3.39. The zero-order valence-corrected chi connectivity index (χ0v) is 9.43. The number of benzene rings is 1. The number of nitrogens with zero attached hydrogens (tertiary/aromatic N) is 2. The topological polar surface area (TPSA) is 71.9 Å². The zero-order valence-electron chi connectivity index (χ0n) is 9.43. The van der Waals surface area contributed by atoms with Gasteiger partial charge in [-0.25, -0.2) is 9.37 Å². The highest BCUT2D eigenvalue weighted by atomic mass is 19.1. The molecule has 2 rings (SSSR count). The first-order valence-electron chi connectivity index (χ1n) is 5.22. The van der Waals surface area contributed by atoms with Gasteiger partial charge in [-0.3, -0.25) is 0 Å². The van der Waals surface area contributed by atoms with Crippen molar-refractivity contribution in [2.45, 2.75) is 6.61 Å². The highest BCUT2D eigenvalue weighted by Gasteiger charge is 2.04. The summed E-state index contributed by atoms with van der Waals surface area (Å²) >= 11 is 0. The number of halogens is 1. The van der Waals surface area contributed by atoms with E-state index in [-0.39, 0.29) is 18.0 Å². The fraction of sp³-hybridized carbons (Fsp3) is 0.0769. The highest BCUT2D eigenvalue weighted by molar-refractivity contribution is 5.44. The van der Waals surface area contributed by atoms with Gasteiger partial charge in [-0.2, -0.15) is 5.26 Å². The molecule has 2 aromatic rings. The molecule has 0 aliphatic rings. The van der Waals surface area contributed by atoms with E-state index in [4.69, 9.17) is 15.7 Å². The number of anilines is 1. The average Bonchev–Trinajstić information content (AvgIpc) is 2.37. The molecule has 0 unspecified atom stereocenters. The van der Waals surface area contributed by atoms with Crippen LogP contribution < -0.4 is 10.5 Å². The average molecular weight is 243 g/mol. The lowest BCUT2D eigenvalue weighted by Crippen LogP contribution is -2.00. The Balaban J connectivity index is 2.14. The van der Waals surface area contributed by atoms with Crippen LogP contribution >= 0.6 is 0 Å². The Hall–Kier alpha value is -2.61. The van der Waals surface area contributed by atoms with Crippen LogP contribution in [0, 0.1) is 17.1 Å². The molecule has 0 fully saturated rings. The van der Waals surface area contributed by atoms with Crippen LogP contribution in [0.25, 0.3) is 0 Å². The Morgan fingerprint density at radius 3 is 2.94 bits per heavy atom. The second-order valence-electron chi connectivity index (χ2n) is 3.64. The van der Waals surface area contributed by atoms with Gasteiger partial charge < -0.3 is 10.5 Å². The molecule has 0 aliphatic heterocycles. The smallest absolute Gasteiger partial charge is 0.166 e. The van der Waals surface area contributed by atoms with Crippen LogP contribution in [0.4, 0.5) is 10.2 Å². The molecule has 0 radical (unpaired) electrons. The van der Waals surface area contributed by atoms with Crippen LogP contribution in [0.1, 0.15) is 11.1 Å². The third-order valence-corrected chi connectivity index (χ3v) is 2.28. The molecular weight excluding hydrogens is 233 g/mol. The summed E-state index contributed by atoms with van der Waals surface area (Å²) in [6, 6.07) is 9.30. The van der Waals surface area contributed by atoms with E-state index in [1.165, 1.54) is 12.1 Å². The van der Waals surface area contributed by atoms with Crippen LogP contribution in [0.5, 0.6) is 5.75 Å². The minimum Gasteiger partial charge on any atom is -0.485 e. The van der Waals surface area contributed by atoms with Crippen molar-refractivity contribution < 1.29 is 9.13 Å². The molecule has 0 spiro atoms. The van der Waals surface area contributed by atoms with Crippen molar-refractivity contribution in [3.8, 4) is 11.8 Å². The number of hydrogen-bond acceptors (Lipinski definition) is 4. The van der Waals surface area contributed by atoms with Gasteiger partial charge in [0, 0.05) is 6.20 Å². The highest BCUT2D eigenvalue weighted by Crippen LogP contribution is 2.19. The van der Waals surface area contributed by atoms with Crippen molar-refractivity contribution in [3.63, 3.8) is 0 Å². The number of ether oxygens (including phenoxy) is 1. The van der Waals surface area contributed by atoms with Gasteiger partial charge in [0.1, 0.15) is 12.4 Å². The summed E-state index contributed by atoms with van der Waals surface area (Å²) < 4.78 is 18.6. The third-order valence-electron chi connectivity index (χ3n) is 2.28. The molecule has 90 valence electrons. The number of nitrogens with two attached hydrogens (primary N) is 1. The second kappa shape index (κ2) is 5.15. The van der Waals surface area contributed by atoms with Gasteiger partial charge in [0.05, 0.1) is 11.6 Å². The lowest BCUT2D eigenvalue weighted by molar-refractivity contribution is 0.306. The number of aromatic nitrogens is 1. The Bertz CT molecular complexity index is 607. The molecule has 18 heavy (non-hydrogen) atoms. The summed E-state index contributed by atoms with van der Waals surface area (Å²) in [5, 5.41) is 8.73. The van der Waals surface area contributed by atoms with E-state index < -0.39 is 5.82 Å². The predicted molar refractivity (Wildman–Crippen MR) is 64.1 cm³/mol. The third kappa shape index (κ3) is 2.74. The summed E-state index contributed by atoms with van der Waals surface area (Å²) in [5.74, 6) is 0.237. The van der Waals surface area contributed by atoms with Crippen molar-refractivity contribution in [2.24, 2.45) is 0 Å². The largest absolute Gasteiger partial charge is 0.485 e. The maximum Gasteiger partial charge on any atom is 0.166 e. The number of rotatable bonds is 3. The summed E-state index contributed by atoms with van der Waals surface area (Å²) in [7, 11) is 0. The minimum absolute atomic E-state index is 0.127. The normalized spacial score (nSPS) is 9.78. The number of pyridine rings is 1. The van der Waals surface area contributed by atoms with E-state index in [2.05, 4.69) is 4.98 Å². The maximum atomic E-state index is 13.2. The molecule has 0 atom stereocenters. The Labute approximate surface area is 103 Å². The van der Waals surface area contributed by atoms with Crippen LogP contribution in [0.3, 0.4) is 0 Å². The fourth-order valence-electron chi connectivity index (χ4n) is 1.48. The van der Waals surface area contributed by atoms with Gasteiger partial charge in [0.15, 0.2) is 11.6 Å². The van der Waals surface area contributed by atoms with Crippen LogP contribution in [0.15, 0.2) is 36.5 Å². The van der Waals surface area contributed by atoms with Gasteiger partial charge in [-0.15, -0.1) is 0 Å². The standard InChI is InChI=1S/C13H10FN3O/c14-11-5-9(7-15)4-10(6-11)8-18-12-2-1-3-17-13(12)16/h1-6H,8H2,(H2,16,17). The lowest BCUT2D eigenvalue weighted by atomic mass is 10.1. The van der Waals surface area contributed by atoms with E-state index in [1.54, 1.807) is 24.4 Å².